The number of carbonyl (C=O) groups is 1. The Morgan fingerprint density at radius 2 is 2.33 bits per heavy atom. The van der Waals surface area contributed by atoms with E-state index in [4.69, 9.17) is 0 Å². The molecule has 12 heavy (non-hydrogen) atoms. The maximum absolute atomic E-state index is 13.1. The third-order valence-electron chi connectivity index (χ3n) is 1.59. The lowest BCUT2D eigenvalue weighted by atomic mass is 10.2. The second-order valence-corrected chi connectivity index (χ2v) is 2.28. The van der Waals surface area contributed by atoms with Gasteiger partial charge in [-0.05, 0) is 6.92 Å². The van der Waals surface area contributed by atoms with Crippen molar-refractivity contribution in [3.05, 3.63) is 23.1 Å². The van der Waals surface area contributed by atoms with Crippen molar-refractivity contribution in [1.29, 1.82) is 0 Å². The van der Waals surface area contributed by atoms with Crippen molar-refractivity contribution in [1.82, 2.24) is 4.98 Å². The minimum Gasteiger partial charge on any atom is -0.479 e. The number of pyridine rings is 1. The van der Waals surface area contributed by atoms with Crippen LogP contribution in [-0.2, 0) is 0 Å². The minimum absolute atomic E-state index is 0.0851. The zero-order valence-corrected chi connectivity index (χ0v) is 6.80. The topological polar surface area (TPSA) is 39.2 Å². The van der Waals surface area contributed by atoms with Crippen LogP contribution >= 0.6 is 0 Å². The van der Waals surface area contributed by atoms with Gasteiger partial charge in [-0.15, -0.1) is 0 Å². The number of hydrogen-bond donors (Lipinski definition) is 0. The summed E-state index contributed by atoms with van der Waals surface area (Å²) in [5.74, 6) is -0.666. The van der Waals surface area contributed by atoms with Gasteiger partial charge in [0.05, 0.1) is 7.11 Å². The minimum atomic E-state index is -0.581. The first-order valence-electron chi connectivity index (χ1n) is 3.35. The highest BCUT2D eigenvalue weighted by molar-refractivity contribution is 5.76. The summed E-state index contributed by atoms with van der Waals surface area (Å²) in [6.45, 7) is 1.50. The first kappa shape index (κ1) is 8.64. The average molecular weight is 169 g/mol. The smallest absolute Gasteiger partial charge is 0.250 e. The van der Waals surface area contributed by atoms with E-state index in [1.165, 1.54) is 20.2 Å². The van der Waals surface area contributed by atoms with Crippen LogP contribution in [0.15, 0.2) is 6.20 Å². The van der Waals surface area contributed by atoms with E-state index in [9.17, 15) is 9.18 Å². The Labute approximate surface area is 69.2 Å². The summed E-state index contributed by atoms with van der Waals surface area (Å²) in [7, 11) is 1.32. The molecule has 0 unspecified atom stereocenters. The Kier molecular flexibility index (Phi) is 2.38. The van der Waals surface area contributed by atoms with Crippen LogP contribution in [0, 0.1) is 12.7 Å². The van der Waals surface area contributed by atoms with Crippen molar-refractivity contribution in [3.8, 4) is 5.88 Å². The Bertz CT molecular complexity index is 312. The molecule has 1 aromatic heterocycles. The number of nitrogens with zero attached hydrogens (tertiary/aromatic N) is 1. The number of aromatic nitrogens is 1. The van der Waals surface area contributed by atoms with Gasteiger partial charge in [-0.1, -0.05) is 0 Å². The zero-order valence-electron chi connectivity index (χ0n) is 6.80. The van der Waals surface area contributed by atoms with Gasteiger partial charge < -0.3 is 4.74 Å². The quantitative estimate of drug-likeness (QED) is 0.627. The normalized spacial score (nSPS) is 9.58. The molecule has 0 fully saturated rings. The van der Waals surface area contributed by atoms with Crippen LogP contribution in [-0.4, -0.2) is 18.4 Å². The van der Waals surface area contributed by atoms with E-state index < -0.39 is 5.82 Å². The van der Waals surface area contributed by atoms with Gasteiger partial charge in [0.2, 0.25) is 5.88 Å². The molecule has 0 saturated carbocycles. The monoisotopic (exact) mass is 169 g/mol. The SMILES string of the molecule is COc1ncc(C=O)c(C)c1F. The van der Waals surface area contributed by atoms with E-state index in [1.807, 2.05) is 0 Å². The maximum Gasteiger partial charge on any atom is 0.250 e. The summed E-state index contributed by atoms with van der Waals surface area (Å²) in [5, 5.41) is 0. The van der Waals surface area contributed by atoms with E-state index in [2.05, 4.69) is 9.72 Å². The molecular weight excluding hydrogens is 161 g/mol. The molecule has 1 rings (SSSR count). The van der Waals surface area contributed by atoms with Gasteiger partial charge in [-0.25, -0.2) is 9.37 Å². The van der Waals surface area contributed by atoms with Crippen molar-refractivity contribution in [2.45, 2.75) is 6.92 Å². The highest BCUT2D eigenvalue weighted by atomic mass is 19.1. The van der Waals surface area contributed by atoms with Crippen molar-refractivity contribution in [2.24, 2.45) is 0 Å². The van der Waals surface area contributed by atoms with E-state index in [0.717, 1.165) is 0 Å². The maximum atomic E-state index is 13.1. The molecule has 0 aliphatic rings. The fourth-order valence-corrected chi connectivity index (χ4v) is 0.830. The second kappa shape index (κ2) is 3.30. The van der Waals surface area contributed by atoms with Crippen molar-refractivity contribution in [3.63, 3.8) is 0 Å². The molecule has 0 amide bonds. The van der Waals surface area contributed by atoms with Gasteiger partial charge in [-0.3, -0.25) is 4.79 Å². The molecule has 0 spiro atoms. The molecule has 0 saturated heterocycles. The molecule has 1 heterocycles. The lowest BCUT2D eigenvalue weighted by Gasteiger charge is -2.03. The molecular formula is C8H8FNO2. The van der Waals surface area contributed by atoms with Gasteiger partial charge in [0, 0.05) is 17.3 Å². The molecule has 0 bridgehead atoms. The molecule has 0 N–H and O–H groups in total. The summed E-state index contributed by atoms with van der Waals surface area (Å²) in [6, 6.07) is 0. The lowest BCUT2D eigenvalue weighted by Crippen LogP contribution is -1.98. The van der Waals surface area contributed by atoms with E-state index >= 15 is 0 Å². The molecule has 64 valence electrons. The summed E-state index contributed by atoms with van der Waals surface area (Å²) in [5.41, 5.74) is 0.505. The molecule has 0 atom stereocenters. The lowest BCUT2D eigenvalue weighted by molar-refractivity contribution is 0.112. The largest absolute Gasteiger partial charge is 0.479 e. The predicted octanol–water partition coefficient (Wildman–Crippen LogP) is 1.35. The molecule has 1 aromatic rings. The third-order valence-corrected chi connectivity index (χ3v) is 1.59. The van der Waals surface area contributed by atoms with Crippen LogP contribution in [0.2, 0.25) is 0 Å². The van der Waals surface area contributed by atoms with Crippen molar-refractivity contribution < 1.29 is 13.9 Å². The predicted molar refractivity (Wildman–Crippen MR) is 40.9 cm³/mol. The van der Waals surface area contributed by atoms with Crippen molar-refractivity contribution >= 4 is 6.29 Å². The Hall–Kier alpha value is -1.45. The fourth-order valence-electron chi connectivity index (χ4n) is 0.830. The summed E-state index contributed by atoms with van der Waals surface area (Å²) < 4.78 is 17.7. The molecule has 3 nitrogen and oxygen atoms in total. The summed E-state index contributed by atoms with van der Waals surface area (Å²) in [4.78, 5) is 13.9. The van der Waals surface area contributed by atoms with Gasteiger partial charge >= 0.3 is 0 Å². The highest BCUT2D eigenvalue weighted by Crippen LogP contribution is 2.18. The number of ether oxygens (including phenoxy) is 1. The van der Waals surface area contributed by atoms with Crippen molar-refractivity contribution in [2.75, 3.05) is 7.11 Å². The fraction of sp³-hybridized carbons (Fsp3) is 0.250. The second-order valence-electron chi connectivity index (χ2n) is 2.28. The van der Waals surface area contributed by atoms with Crippen LogP contribution in [0.4, 0.5) is 4.39 Å². The van der Waals surface area contributed by atoms with Crippen LogP contribution in [0.1, 0.15) is 15.9 Å². The Morgan fingerprint density at radius 3 is 2.83 bits per heavy atom. The number of rotatable bonds is 2. The number of hydrogen-bond acceptors (Lipinski definition) is 3. The van der Waals surface area contributed by atoms with Crippen LogP contribution in [0.5, 0.6) is 5.88 Å². The van der Waals surface area contributed by atoms with Gasteiger partial charge in [0.1, 0.15) is 0 Å². The third kappa shape index (κ3) is 1.28. The molecule has 0 radical (unpaired) electrons. The molecule has 4 heteroatoms. The number of methoxy groups -OCH3 is 1. The summed E-state index contributed by atoms with van der Waals surface area (Å²) >= 11 is 0. The number of carbonyl (C=O) groups excluding carboxylic acids is 1. The Morgan fingerprint density at radius 1 is 1.67 bits per heavy atom. The number of halogens is 1. The number of aldehydes is 1. The molecule has 0 aromatic carbocycles. The van der Waals surface area contributed by atoms with Crippen LogP contribution in [0.25, 0.3) is 0 Å². The van der Waals surface area contributed by atoms with E-state index in [-0.39, 0.29) is 17.0 Å². The summed E-state index contributed by atoms with van der Waals surface area (Å²) in [6.07, 6.45) is 1.84. The highest BCUT2D eigenvalue weighted by Gasteiger charge is 2.10. The van der Waals surface area contributed by atoms with Crippen LogP contribution < -0.4 is 4.74 Å². The zero-order chi connectivity index (χ0) is 9.14. The average Bonchev–Trinajstić information content (AvgIpc) is 2.10. The first-order chi connectivity index (χ1) is 5.70. The van der Waals surface area contributed by atoms with Gasteiger partial charge in [0.15, 0.2) is 12.1 Å². The van der Waals surface area contributed by atoms with E-state index in [1.54, 1.807) is 0 Å². The van der Waals surface area contributed by atoms with Gasteiger partial charge in [0.25, 0.3) is 0 Å². The van der Waals surface area contributed by atoms with E-state index in [0.29, 0.717) is 6.29 Å². The standard InChI is InChI=1S/C8H8FNO2/c1-5-6(4-11)3-10-8(12-2)7(5)9/h3-4H,1-2H3. The Balaban J connectivity index is 3.29. The molecule has 0 aliphatic carbocycles. The molecule has 0 aliphatic heterocycles. The van der Waals surface area contributed by atoms with Gasteiger partial charge in [-0.2, -0.15) is 0 Å². The first-order valence-corrected chi connectivity index (χ1v) is 3.35. The van der Waals surface area contributed by atoms with Crippen LogP contribution in [0.3, 0.4) is 0 Å².